The summed E-state index contributed by atoms with van der Waals surface area (Å²) in [5.41, 5.74) is 0.651. The predicted octanol–water partition coefficient (Wildman–Crippen LogP) is 2.66. The van der Waals surface area contributed by atoms with Crippen LogP contribution in [0, 0.1) is 5.41 Å². The van der Waals surface area contributed by atoms with Crippen LogP contribution >= 0.6 is 0 Å². The molecule has 1 amide bonds. The van der Waals surface area contributed by atoms with Gasteiger partial charge in [0.2, 0.25) is 5.91 Å². The molecule has 1 aromatic carbocycles. The molecule has 1 atom stereocenters. The van der Waals surface area contributed by atoms with E-state index in [0.717, 1.165) is 16.9 Å². The number of para-hydroxylation sites is 2. The number of benzene rings is 1. The second-order valence-corrected chi connectivity index (χ2v) is 6.50. The Hall–Kier alpha value is -2.37. The van der Waals surface area contributed by atoms with E-state index in [1.807, 2.05) is 31.2 Å². The largest absolute Gasteiger partial charge is 0.480 e. The van der Waals surface area contributed by atoms with Crippen molar-refractivity contribution in [2.75, 3.05) is 0 Å². The Balaban J connectivity index is 1.92. The number of hydrogen-bond acceptors (Lipinski definition) is 3. The number of aromatic nitrogens is 2. The lowest BCUT2D eigenvalue weighted by molar-refractivity contribution is -0.149. The summed E-state index contributed by atoms with van der Waals surface area (Å²) in [4.78, 5) is 28.2. The average molecular weight is 315 g/mol. The van der Waals surface area contributed by atoms with Crippen molar-refractivity contribution in [2.24, 2.45) is 5.41 Å². The second-order valence-electron chi connectivity index (χ2n) is 6.50. The second kappa shape index (κ2) is 5.37. The van der Waals surface area contributed by atoms with Gasteiger partial charge in [-0.3, -0.25) is 9.59 Å². The zero-order valence-corrected chi connectivity index (χ0v) is 13.5. The summed E-state index contributed by atoms with van der Waals surface area (Å²) in [5.74, 6) is -0.713. The van der Waals surface area contributed by atoms with Crippen LogP contribution in [0.5, 0.6) is 0 Å². The van der Waals surface area contributed by atoms with Crippen LogP contribution in [0.2, 0.25) is 0 Å². The van der Waals surface area contributed by atoms with Gasteiger partial charge in [0.25, 0.3) is 0 Å². The molecule has 2 N–H and O–H groups in total. The molecular formula is C17H21N3O3. The number of imidazole rings is 1. The molecule has 0 aliphatic heterocycles. The Kier molecular flexibility index (Phi) is 3.62. The molecule has 2 aromatic rings. The van der Waals surface area contributed by atoms with Crippen LogP contribution in [0.25, 0.3) is 11.0 Å². The molecule has 0 bridgehead atoms. The average Bonchev–Trinajstić information content (AvgIpc) is 3.21. The fourth-order valence-electron chi connectivity index (χ4n) is 2.97. The zero-order chi connectivity index (χ0) is 16.8. The minimum atomic E-state index is -1.23. The van der Waals surface area contributed by atoms with E-state index in [1.54, 1.807) is 0 Å². The van der Waals surface area contributed by atoms with Crippen molar-refractivity contribution in [1.29, 1.82) is 0 Å². The Labute approximate surface area is 134 Å². The first-order valence-corrected chi connectivity index (χ1v) is 7.88. The third-order valence-electron chi connectivity index (χ3n) is 4.47. The van der Waals surface area contributed by atoms with E-state index in [0.29, 0.717) is 12.8 Å². The van der Waals surface area contributed by atoms with Crippen molar-refractivity contribution in [3.8, 4) is 0 Å². The molecule has 23 heavy (non-hydrogen) atoms. The summed E-state index contributed by atoms with van der Waals surface area (Å²) < 4.78 is 2.08. The van der Waals surface area contributed by atoms with Gasteiger partial charge in [-0.25, -0.2) is 4.98 Å². The van der Waals surface area contributed by atoms with Gasteiger partial charge in [0.1, 0.15) is 11.2 Å². The molecule has 0 saturated heterocycles. The third-order valence-corrected chi connectivity index (χ3v) is 4.47. The SMILES string of the molecule is CC(C)n1c([C@@H](C)NC(=O)C2(C(=O)O)CC2)nc2ccccc21. The van der Waals surface area contributed by atoms with E-state index in [9.17, 15) is 14.7 Å². The maximum absolute atomic E-state index is 12.3. The first-order chi connectivity index (χ1) is 10.9. The summed E-state index contributed by atoms with van der Waals surface area (Å²) in [6.45, 7) is 5.97. The van der Waals surface area contributed by atoms with Crippen LogP contribution in [-0.4, -0.2) is 26.5 Å². The lowest BCUT2D eigenvalue weighted by Crippen LogP contribution is -2.39. The van der Waals surface area contributed by atoms with Crippen LogP contribution in [0.3, 0.4) is 0 Å². The number of nitrogens with zero attached hydrogens (tertiary/aromatic N) is 2. The molecule has 1 aliphatic carbocycles. The van der Waals surface area contributed by atoms with Crippen LogP contribution in [0.4, 0.5) is 0 Å². The molecule has 3 rings (SSSR count). The van der Waals surface area contributed by atoms with Crippen LogP contribution < -0.4 is 5.32 Å². The lowest BCUT2D eigenvalue weighted by atomic mass is 10.1. The van der Waals surface area contributed by atoms with Crippen molar-refractivity contribution in [1.82, 2.24) is 14.9 Å². The van der Waals surface area contributed by atoms with Crippen LogP contribution in [0.1, 0.15) is 51.5 Å². The molecule has 0 unspecified atom stereocenters. The minimum absolute atomic E-state index is 0.186. The van der Waals surface area contributed by atoms with Gasteiger partial charge in [0.15, 0.2) is 0 Å². The summed E-state index contributed by atoms with van der Waals surface area (Å²) in [7, 11) is 0. The number of rotatable bonds is 5. The standard InChI is InChI=1S/C17H21N3O3/c1-10(2)20-13-7-5-4-6-12(13)19-14(20)11(3)18-15(21)17(8-9-17)16(22)23/h4-7,10-11H,8-9H2,1-3H3,(H,18,21)(H,22,23)/t11-/m1/s1. The summed E-state index contributed by atoms with van der Waals surface area (Å²) in [5, 5.41) is 12.1. The number of aliphatic carboxylic acids is 1. The molecule has 6 nitrogen and oxygen atoms in total. The van der Waals surface area contributed by atoms with Crippen molar-refractivity contribution >= 4 is 22.9 Å². The van der Waals surface area contributed by atoms with E-state index < -0.39 is 17.3 Å². The number of carbonyl (C=O) groups excluding carboxylic acids is 1. The molecular weight excluding hydrogens is 294 g/mol. The summed E-state index contributed by atoms with van der Waals surface area (Å²) in [6, 6.07) is 7.66. The molecule has 1 heterocycles. The Bertz CT molecular complexity index is 774. The highest BCUT2D eigenvalue weighted by Crippen LogP contribution is 2.46. The molecule has 1 fully saturated rings. The molecule has 1 saturated carbocycles. The number of carboxylic acids is 1. The molecule has 0 spiro atoms. The van der Waals surface area contributed by atoms with Gasteiger partial charge in [-0.05, 0) is 45.7 Å². The van der Waals surface area contributed by atoms with Crippen molar-refractivity contribution in [2.45, 2.75) is 45.7 Å². The van der Waals surface area contributed by atoms with Gasteiger partial charge in [0, 0.05) is 6.04 Å². The number of fused-ring (bicyclic) bond motifs is 1. The van der Waals surface area contributed by atoms with Gasteiger partial charge in [-0.1, -0.05) is 12.1 Å². The fourth-order valence-corrected chi connectivity index (χ4v) is 2.97. The monoisotopic (exact) mass is 315 g/mol. The highest BCUT2D eigenvalue weighted by atomic mass is 16.4. The van der Waals surface area contributed by atoms with Crippen molar-refractivity contribution in [3.05, 3.63) is 30.1 Å². The van der Waals surface area contributed by atoms with E-state index in [4.69, 9.17) is 0 Å². The van der Waals surface area contributed by atoms with E-state index in [1.165, 1.54) is 0 Å². The van der Waals surface area contributed by atoms with Crippen molar-refractivity contribution in [3.63, 3.8) is 0 Å². The van der Waals surface area contributed by atoms with Crippen LogP contribution in [0.15, 0.2) is 24.3 Å². The lowest BCUT2D eigenvalue weighted by Gasteiger charge is -2.20. The maximum atomic E-state index is 12.3. The molecule has 1 aromatic heterocycles. The van der Waals surface area contributed by atoms with Gasteiger partial charge in [-0.2, -0.15) is 0 Å². The molecule has 0 radical (unpaired) electrons. The first-order valence-electron chi connectivity index (χ1n) is 7.88. The van der Waals surface area contributed by atoms with Gasteiger partial charge >= 0.3 is 5.97 Å². The number of amides is 1. The van der Waals surface area contributed by atoms with Gasteiger partial charge < -0.3 is 15.0 Å². The van der Waals surface area contributed by atoms with Gasteiger partial charge in [-0.15, -0.1) is 0 Å². The van der Waals surface area contributed by atoms with Crippen molar-refractivity contribution < 1.29 is 14.7 Å². The number of hydrogen-bond donors (Lipinski definition) is 2. The minimum Gasteiger partial charge on any atom is -0.480 e. The van der Waals surface area contributed by atoms with E-state index >= 15 is 0 Å². The number of carbonyl (C=O) groups is 2. The zero-order valence-electron chi connectivity index (χ0n) is 13.5. The number of nitrogens with one attached hydrogen (secondary N) is 1. The summed E-state index contributed by atoms with van der Waals surface area (Å²) in [6.07, 6.45) is 0.808. The fraction of sp³-hybridized carbons (Fsp3) is 0.471. The Morgan fingerprint density at radius 3 is 2.48 bits per heavy atom. The highest BCUT2D eigenvalue weighted by Gasteiger charge is 2.57. The quantitative estimate of drug-likeness (QED) is 0.831. The summed E-state index contributed by atoms with van der Waals surface area (Å²) >= 11 is 0. The molecule has 122 valence electrons. The maximum Gasteiger partial charge on any atom is 0.319 e. The normalized spacial score (nSPS) is 17.2. The molecule has 1 aliphatic rings. The third kappa shape index (κ3) is 2.48. The van der Waals surface area contributed by atoms with E-state index in [2.05, 4.69) is 28.7 Å². The predicted molar refractivity (Wildman–Crippen MR) is 86.0 cm³/mol. The highest BCUT2D eigenvalue weighted by molar-refractivity contribution is 6.04. The first kappa shape index (κ1) is 15.5. The molecule has 6 heteroatoms. The topological polar surface area (TPSA) is 84.2 Å². The van der Waals surface area contributed by atoms with Gasteiger partial charge in [0.05, 0.1) is 17.1 Å². The number of carboxylic acid groups (broad SMARTS) is 1. The smallest absolute Gasteiger partial charge is 0.319 e. The Morgan fingerprint density at radius 2 is 1.91 bits per heavy atom. The Morgan fingerprint density at radius 1 is 1.26 bits per heavy atom. The van der Waals surface area contributed by atoms with E-state index in [-0.39, 0.29) is 12.1 Å². The van der Waals surface area contributed by atoms with Crippen LogP contribution in [-0.2, 0) is 9.59 Å².